The fourth-order valence-corrected chi connectivity index (χ4v) is 1.78. The van der Waals surface area contributed by atoms with Crippen molar-refractivity contribution in [2.24, 2.45) is 0 Å². The van der Waals surface area contributed by atoms with Crippen LogP contribution in [0.25, 0.3) is 0 Å². The Morgan fingerprint density at radius 1 is 1.46 bits per heavy atom. The summed E-state index contributed by atoms with van der Waals surface area (Å²) in [6.45, 7) is 6.04. The van der Waals surface area contributed by atoms with Crippen molar-refractivity contribution in [2.45, 2.75) is 32.1 Å². The number of hydrogen-bond donors (Lipinski definition) is 1. The Labute approximate surface area is 77.7 Å². The molecule has 0 aromatic carbocycles. The molecule has 1 atom stereocenters. The summed E-state index contributed by atoms with van der Waals surface area (Å²) in [5.41, 5.74) is 0.0412. The first kappa shape index (κ1) is 8.69. The molecule has 0 bridgehead atoms. The van der Waals surface area contributed by atoms with Crippen molar-refractivity contribution in [3.8, 4) is 0 Å². The third-order valence-corrected chi connectivity index (χ3v) is 2.64. The van der Waals surface area contributed by atoms with E-state index < -0.39 is 0 Å². The highest BCUT2D eigenvalue weighted by Gasteiger charge is 2.33. The molecule has 2 rings (SSSR count). The Bertz CT molecular complexity index is 289. The van der Waals surface area contributed by atoms with E-state index in [1.165, 1.54) is 6.42 Å². The summed E-state index contributed by atoms with van der Waals surface area (Å²) in [5.74, 6) is 1.43. The highest BCUT2D eigenvalue weighted by Crippen LogP contribution is 2.29. The zero-order valence-corrected chi connectivity index (χ0v) is 8.13. The van der Waals surface area contributed by atoms with Gasteiger partial charge in [-0.25, -0.2) is 0 Å². The van der Waals surface area contributed by atoms with Crippen LogP contribution in [0.15, 0.2) is 4.42 Å². The summed E-state index contributed by atoms with van der Waals surface area (Å²) in [4.78, 5) is 0. The number of nitrogens with one attached hydrogen (secondary N) is 1. The Kier molecular flexibility index (Phi) is 2.07. The van der Waals surface area contributed by atoms with Gasteiger partial charge < -0.3 is 9.73 Å². The number of rotatable bonds is 1. The topological polar surface area (TPSA) is 51.0 Å². The third-order valence-electron chi connectivity index (χ3n) is 2.64. The van der Waals surface area contributed by atoms with E-state index in [-0.39, 0.29) is 5.41 Å². The maximum absolute atomic E-state index is 5.46. The molecular weight excluding hydrogens is 166 g/mol. The summed E-state index contributed by atoms with van der Waals surface area (Å²) < 4.78 is 5.46. The molecular formula is C9H15N3O. The van der Waals surface area contributed by atoms with E-state index >= 15 is 0 Å². The van der Waals surface area contributed by atoms with Crippen molar-refractivity contribution in [3.63, 3.8) is 0 Å². The molecule has 13 heavy (non-hydrogen) atoms. The van der Waals surface area contributed by atoms with Crippen LogP contribution in [-0.2, 0) is 5.41 Å². The van der Waals surface area contributed by atoms with Crippen molar-refractivity contribution in [1.82, 2.24) is 15.5 Å². The predicted molar refractivity (Wildman–Crippen MR) is 48.5 cm³/mol. The van der Waals surface area contributed by atoms with Gasteiger partial charge in [0, 0.05) is 13.5 Å². The summed E-state index contributed by atoms with van der Waals surface area (Å²) in [7, 11) is 0. The minimum atomic E-state index is 0.0412. The van der Waals surface area contributed by atoms with Crippen LogP contribution >= 0.6 is 0 Å². The quantitative estimate of drug-likeness (QED) is 0.702. The minimum Gasteiger partial charge on any atom is -0.425 e. The Morgan fingerprint density at radius 2 is 2.31 bits per heavy atom. The number of piperidine rings is 1. The molecule has 0 aliphatic carbocycles. The van der Waals surface area contributed by atoms with Gasteiger partial charge in [-0.15, -0.1) is 10.2 Å². The summed E-state index contributed by atoms with van der Waals surface area (Å²) in [5, 5.41) is 11.3. The molecule has 1 aliphatic heterocycles. The van der Waals surface area contributed by atoms with Crippen molar-refractivity contribution in [2.75, 3.05) is 13.1 Å². The van der Waals surface area contributed by atoms with Gasteiger partial charge in [0.25, 0.3) is 0 Å². The van der Waals surface area contributed by atoms with Crippen LogP contribution in [0.1, 0.15) is 31.5 Å². The molecule has 72 valence electrons. The van der Waals surface area contributed by atoms with Gasteiger partial charge in [0.1, 0.15) is 0 Å². The lowest BCUT2D eigenvalue weighted by Crippen LogP contribution is -2.41. The summed E-state index contributed by atoms with van der Waals surface area (Å²) >= 11 is 0. The van der Waals surface area contributed by atoms with Gasteiger partial charge in [-0.2, -0.15) is 0 Å². The zero-order valence-electron chi connectivity index (χ0n) is 8.13. The molecule has 4 heteroatoms. The molecule has 1 aromatic rings. The van der Waals surface area contributed by atoms with Crippen LogP contribution in [0.5, 0.6) is 0 Å². The standard InChI is InChI=1S/C9H15N3O/c1-7-11-12-8(13-7)9(2)4-3-5-10-6-9/h10H,3-6H2,1-2H3. The van der Waals surface area contributed by atoms with Gasteiger partial charge in [0.05, 0.1) is 5.41 Å². The molecule has 1 N–H and O–H groups in total. The van der Waals surface area contributed by atoms with Crippen molar-refractivity contribution >= 4 is 0 Å². The number of aryl methyl sites for hydroxylation is 1. The van der Waals surface area contributed by atoms with Crippen LogP contribution in [0, 0.1) is 6.92 Å². The first-order valence-electron chi connectivity index (χ1n) is 4.72. The third kappa shape index (κ3) is 1.58. The zero-order chi connectivity index (χ0) is 9.31. The second-order valence-corrected chi connectivity index (χ2v) is 3.97. The Balaban J connectivity index is 2.22. The van der Waals surface area contributed by atoms with Gasteiger partial charge in [0.2, 0.25) is 11.8 Å². The van der Waals surface area contributed by atoms with Crippen LogP contribution in [0.3, 0.4) is 0 Å². The van der Waals surface area contributed by atoms with Gasteiger partial charge in [-0.1, -0.05) is 0 Å². The molecule has 1 aliphatic rings. The van der Waals surface area contributed by atoms with E-state index in [0.29, 0.717) is 5.89 Å². The fourth-order valence-electron chi connectivity index (χ4n) is 1.78. The Morgan fingerprint density at radius 3 is 2.85 bits per heavy atom. The molecule has 0 saturated carbocycles. The van der Waals surface area contributed by atoms with E-state index in [4.69, 9.17) is 4.42 Å². The lowest BCUT2D eigenvalue weighted by Gasteiger charge is -2.30. The highest BCUT2D eigenvalue weighted by molar-refractivity contribution is 5.04. The van der Waals surface area contributed by atoms with Gasteiger partial charge >= 0.3 is 0 Å². The van der Waals surface area contributed by atoms with Crippen LogP contribution in [0.2, 0.25) is 0 Å². The van der Waals surface area contributed by atoms with Crippen molar-refractivity contribution in [1.29, 1.82) is 0 Å². The number of nitrogens with zero attached hydrogens (tertiary/aromatic N) is 2. The van der Waals surface area contributed by atoms with Crippen molar-refractivity contribution < 1.29 is 4.42 Å². The maximum Gasteiger partial charge on any atom is 0.223 e. The largest absolute Gasteiger partial charge is 0.425 e. The second kappa shape index (κ2) is 3.10. The molecule has 0 radical (unpaired) electrons. The SMILES string of the molecule is Cc1nnc(C2(C)CCCNC2)o1. The molecule has 1 unspecified atom stereocenters. The fraction of sp³-hybridized carbons (Fsp3) is 0.778. The van der Waals surface area contributed by atoms with Crippen LogP contribution < -0.4 is 5.32 Å². The maximum atomic E-state index is 5.46. The monoisotopic (exact) mass is 181 g/mol. The van der Waals surface area contributed by atoms with E-state index in [0.717, 1.165) is 25.4 Å². The normalized spacial score (nSPS) is 29.1. The lowest BCUT2D eigenvalue weighted by atomic mass is 9.83. The van der Waals surface area contributed by atoms with Gasteiger partial charge in [-0.3, -0.25) is 0 Å². The second-order valence-electron chi connectivity index (χ2n) is 3.97. The lowest BCUT2D eigenvalue weighted by molar-refractivity contribution is 0.269. The first-order chi connectivity index (χ1) is 6.21. The molecule has 0 spiro atoms. The highest BCUT2D eigenvalue weighted by atomic mass is 16.4. The molecule has 0 amide bonds. The van der Waals surface area contributed by atoms with E-state index in [1.807, 2.05) is 6.92 Å². The smallest absolute Gasteiger partial charge is 0.223 e. The van der Waals surface area contributed by atoms with Crippen LogP contribution in [-0.4, -0.2) is 23.3 Å². The average Bonchev–Trinajstić information content (AvgIpc) is 2.54. The van der Waals surface area contributed by atoms with Crippen LogP contribution in [0.4, 0.5) is 0 Å². The molecule has 1 aromatic heterocycles. The molecule has 1 saturated heterocycles. The number of hydrogen-bond acceptors (Lipinski definition) is 4. The Hall–Kier alpha value is -0.900. The molecule has 2 heterocycles. The summed E-state index contributed by atoms with van der Waals surface area (Å²) in [6.07, 6.45) is 2.31. The van der Waals surface area contributed by atoms with Gasteiger partial charge in [-0.05, 0) is 26.3 Å². The van der Waals surface area contributed by atoms with Crippen molar-refractivity contribution in [3.05, 3.63) is 11.8 Å². The molecule has 1 fully saturated rings. The minimum absolute atomic E-state index is 0.0412. The predicted octanol–water partition coefficient (Wildman–Crippen LogP) is 1.02. The summed E-state index contributed by atoms with van der Waals surface area (Å²) in [6, 6.07) is 0. The first-order valence-corrected chi connectivity index (χ1v) is 4.72. The average molecular weight is 181 g/mol. The van der Waals surface area contributed by atoms with E-state index in [1.54, 1.807) is 0 Å². The van der Waals surface area contributed by atoms with E-state index in [2.05, 4.69) is 22.4 Å². The van der Waals surface area contributed by atoms with Gasteiger partial charge in [0.15, 0.2) is 0 Å². The number of aromatic nitrogens is 2. The molecule has 4 nitrogen and oxygen atoms in total. The van der Waals surface area contributed by atoms with E-state index in [9.17, 15) is 0 Å².